The fraction of sp³-hybridized carbons (Fsp3) is 0.458. The minimum Gasteiger partial charge on any atom is -0.355 e. The number of nitrogens with zero attached hydrogens (tertiary/aromatic N) is 5. The number of rotatable bonds is 3. The molecule has 8 heteroatoms. The summed E-state index contributed by atoms with van der Waals surface area (Å²) in [6.07, 6.45) is 5.75. The van der Waals surface area contributed by atoms with Crippen molar-refractivity contribution in [2.45, 2.75) is 51.6 Å². The van der Waals surface area contributed by atoms with Gasteiger partial charge in [0.15, 0.2) is 5.65 Å². The van der Waals surface area contributed by atoms with Gasteiger partial charge in [0.2, 0.25) is 0 Å². The molecule has 0 unspecified atom stereocenters. The van der Waals surface area contributed by atoms with Crippen molar-refractivity contribution in [3.05, 3.63) is 58.7 Å². The van der Waals surface area contributed by atoms with Gasteiger partial charge in [0.05, 0.1) is 11.7 Å². The Morgan fingerprint density at radius 2 is 2.03 bits per heavy atom. The van der Waals surface area contributed by atoms with Gasteiger partial charge < -0.3 is 15.5 Å². The van der Waals surface area contributed by atoms with Gasteiger partial charge in [-0.15, -0.1) is 0 Å². The minimum absolute atomic E-state index is 0.139. The highest BCUT2D eigenvalue weighted by atomic mass is 19.1. The Morgan fingerprint density at radius 3 is 2.81 bits per heavy atom. The Bertz CT molecular complexity index is 1170. The molecular formula is C24H29FN6O. The summed E-state index contributed by atoms with van der Waals surface area (Å²) in [6, 6.07) is 6.70. The molecule has 0 radical (unpaired) electrons. The number of carbonyl (C=O) groups is 1. The summed E-state index contributed by atoms with van der Waals surface area (Å²) >= 11 is 0. The van der Waals surface area contributed by atoms with Gasteiger partial charge in [0.25, 0.3) is 5.91 Å². The Balaban J connectivity index is 1.48. The predicted molar refractivity (Wildman–Crippen MR) is 121 cm³/mol. The van der Waals surface area contributed by atoms with Crippen molar-refractivity contribution in [3.63, 3.8) is 0 Å². The number of aromatic nitrogens is 3. The number of likely N-dealkylation sites (tertiary alicyclic amines) is 1. The van der Waals surface area contributed by atoms with Crippen LogP contribution in [-0.2, 0) is 0 Å². The highest BCUT2D eigenvalue weighted by Crippen LogP contribution is 2.33. The largest absolute Gasteiger partial charge is 0.355 e. The van der Waals surface area contributed by atoms with Gasteiger partial charge in [-0.1, -0.05) is 6.07 Å². The van der Waals surface area contributed by atoms with Crippen molar-refractivity contribution in [1.29, 1.82) is 0 Å². The van der Waals surface area contributed by atoms with E-state index in [0.717, 1.165) is 61.5 Å². The molecule has 2 aliphatic heterocycles. The Labute approximate surface area is 187 Å². The molecule has 2 aromatic heterocycles. The standard InChI is InChI=1S/C24H29FN6O/c1-15-13-31-22(27-23(15)29-11-9-17(26)14-29)12-20(28-31)21-8-3-4-10-30(21)24(32)18-6-5-7-19(25)16(18)2/h5-7,12-13,17,21H,3-4,8-11,14,26H2,1-2H3/t17-,21-/m0/s1. The molecule has 0 aliphatic carbocycles. The normalized spacial score (nSPS) is 21.5. The number of anilines is 1. The average Bonchev–Trinajstić information content (AvgIpc) is 3.40. The molecule has 0 saturated carbocycles. The van der Waals surface area contributed by atoms with Gasteiger partial charge in [0, 0.05) is 49.1 Å². The molecule has 2 N–H and O–H groups in total. The van der Waals surface area contributed by atoms with E-state index in [4.69, 9.17) is 15.8 Å². The highest BCUT2D eigenvalue weighted by molar-refractivity contribution is 5.96. The van der Waals surface area contributed by atoms with E-state index >= 15 is 0 Å². The second-order valence-electron chi connectivity index (χ2n) is 9.04. The maximum Gasteiger partial charge on any atom is 0.254 e. The topological polar surface area (TPSA) is 79.8 Å². The van der Waals surface area contributed by atoms with Crippen LogP contribution in [0.3, 0.4) is 0 Å². The number of carbonyl (C=O) groups excluding carboxylic acids is 1. The van der Waals surface area contributed by atoms with Crippen molar-refractivity contribution in [1.82, 2.24) is 19.5 Å². The van der Waals surface area contributed by atoms with Crippen LogP contribution < -0.4 is 10.6 Å². The number of piperidine rings is 1. The van der Waals surface area contributed by atoms with E-state index in [2.05, 4.69) is 4.90 Å². The molecule has 2 atom stereocenters. The summed E-state index contributed by atoms with van der Waals surface area (Å²) in [5.74, 6) is 0.453. The number of hydrogen-bond acceptors (Lipinski definition) is 5. The summed E-state index contributed by atoms with van der Waals surface area (Å²) < 4.78 is 15.9. The molecule has 3 aromatic rings. The van der Waals surface area contributed by atoms with Crippen molar-refractivity contribution in [3.8, 4) is 0 Å². The molecule has 32 heavy (non-hydrogen) atoms. The maximum atomic E-state index is 14.1. The van der Waals surface area contributed by atoms with Crippen LogP contribution in [0.25, 0.3) is 5.65 Å². The number of amides is 1. The molecule has 0 spiro atoms. The maximum absolute atomic E-state index is 14.1. The summed E-state index contributed by atoms with van der Waals surface area (Å²) in [5.41, 5.74) is 9.54. The third-order valence-corrected chi connectivity index (χ3v) is 6.75. The lowest BCUT2D eigenvalue weighted by atomic mass is 9.97. The van der Waals surface area contributed by atoms with Crippen LogP contribution in [0, 0.1) is 19.7 Å². The second kappa shape index (κ2) is 8.16. The predicted octanol–water partition coefficient (Wildman–Crippen LogP) is 3.39. The lowest BCUT2D eigenvalue weighted by molar-refractivity contribution is 0.0604. The van der Waals surface area contributed by atoms with E-state index in [1.807, 2.05) is 24.1 Å². The number of aryl methyl sites for hydroxylation is 1. The van der Waals surface area contributed by atoms with Crippen molar-refractivity contribution < 1.29 is 9.18 Å². The quantitative estimate of drug-likeness (QED) is 0.681. The summed E-state index contributed by atoms with van der Waals surface area (Å²) in [6.45, 7) is 6.05. The molecule has 168 valence electrons. The van der Waals surface area contributed by atoms with Gasteiger partial charge in [-0.05, 0) is 57.2 Å². The van der Waals surface area contributed by atoms with Crippen LogP contribution in [0.5, 0.6) is 0 Å². The Morgan fingerprint density at radius 1 is 1.19 bits per heavy atom. The van der Waals surface area contributed by atoms with Crippen LogP contribution in [0.4, 0.5) is 10.2 Å². The smallest absolute Gasteiger partial charge is 0.254 e. The van der Waals surface area contributed by atoms with E-state index in [-0.39, 0.29) is 23.8 Å². The molecule has 4 heterocycles. The molecule has 1 amide bonds. The lowest BCUT2D eigenvalue weighted by Gasteiger charge is -2.35. The zero-order chi connectivity index (χ0) is 22.4. The molecule has 2 fully saturated rings. The van der Waals surface area contributed by atoms with Crippen LogP contribution in [0.15, 0.2) is 30.5 Å². The number of benzene rings is 1. The van der Waals surface area contributed by atoms with Crippen molar-refractivity contribution in [2.75, 3.05) is 24.5 Å². The number of fused-ring (bicyclic) bond motifs is 1. The third-order valence-electron chi connectivity index (χ3n) is 6.75. The Kier molecular flexibility index (Phi) is 5.33. The molecule has 2 aliphatic rings. The van der Waals surface area contributed by atoms with Crippen LogP contribution in [-0.4, -0.2) is 51.1 Å². The second-order valence-corrected chi connectivity index (χ2v) is 9.04. The minimum atomic E-state index is -0.356. The zero-order valence-corrected chi connectivity index (χ0v) is 18.6. The lowest BCUT2D eigenvalue weighted by Crippen LogP contribution is -2.39. The molecule has 2 saturated heterocycles. The fourth-order valence-electron chi connectivity index (χ4n) is 4.96. The first-order valence-electron chi connectivity index (χ1n) is 11.4. The van der Waals surface area contributed by atoms with Gasteiger partial charge in [0.1, 0.15) is 11.6 Å². The van der Waals surface area contributed by atoms with Crippen LogP contribution in [0.1, 0.15) is 58.9 Å². The first-order valence-corrected chi connectivity index (χ1v) is 11.4. The third kappa shape index (κ3) is 3.62. The summed E-state index contributed by atoms with van der Waals surface area (Å²) in [7, 11) is 0. The monoisotopic (exact) mass is 436 g/mol. The average molecular weight is 437 g/mol. The van der Waals surface area contributed by atoms with Crippen LogP contribution >= 0.6 is 0 Å². The van der Waals surface area contributed by atoms with Gasteiger partial charge in [-0.2, -0.15) is 5.10 Å². The van der Waals surface area contributed by atoms with E-state index in [9.17, 15) is 9.18 Å². The number of hydrogen-bond donors (Lipinski definition) is 1. The van der Waals surface area contributed by atoms with E-state index in [1.165, 1.54) is 6.07 Å². The molecular weight excluding hydrogens is 407 g/mol. The van der Waals surface area contributed by atoms with E-state index < -0.39 is 0 Å². The Hall–Kier alpha value is -3.00. The highest BCUT2D eigenvalue weighted by Gasteiger charge is 2.32. The van der Waals surface area contributed by atoms with E-state index in [0.29, 0.717) is 17.7 Å². The van der Waals surface area contributed by atoms with E-state index in [1.54, 1.807) is 23.6 Å². The summed E-state index contributed by atoms with van der Waals surface area (Å²) in [5, 5.41) is 4.79. The number of halogens is 1. The molecule has 5 rings (SSSR count). The van der Waals surface area contributed by atoms with Crippen molar-refractivity contribution >= 4 is 17.4 Å². The van der Waals surface area contributed by atoms with Gasteiger partial charge >= 0.3 is 0 Å². The first kappa shape index (κ1) is 20.9. The molecule has 7 nitrogen and oxygen atoms in total. The molecule has 1 aromatic carbocycles. The molecule has 0 bridgehead atoms. The fourth-order valence-corrected chi connectivity index (χ4v) is 4.96. The van der Waals surface area contributed by atoms with Gasteiger partial charge in [-0.25, -0.2) is 13.9 Å². The number of nitrogens with two attached hydrogens (primary N) is 1. The van der Waals surface area contributed by atoms with Crippen molar-refractivity contribution in [2.24, 2.45) is 5.73 Å². The summed E-state index contributed by atoms with van der Waals surface area (Å²) in [4.78, 5) is 22.3. The first-order chi connectivity index (χ1) is 15.4. The SMILES string of the molecule is Cc1cn2nc([C@@H]3CCCCN3C(=O)c3cccc(F)c3C)cc2nc1N1CC[C@H](N)C1. The zero-order valence-electron chi connectivity index (χ0n) is 18.6. The van der Waals surface area contributed by atoms with Crippen LogP contribution in [0.2, 0.25) is 0 Å². The van der Waals surface area contributed by atoms with Gasteiger partial charge in [-0.3, -0.25) is 4.79 Å².